The third-order valence-corrected chi connectivity index (χ3v) is 10.4. The van der Waals surface area contributed by atoms with Gasteiger partial charge in [-0.05, 0) is 91.8 Å². The first kappa shape index (κ1) is 21.3. The molecule has 3 unspecified atom stereocenters. The molecule has 4 rings (SSSR count). The summed E-state index contributed by atoms with van der Waals surface area (Å²) in [5.41, 5.74) is 0.270. The number of ketones is 1. The molecule has 4 aliphatic rings. The summed E-state index contributed by atoms with van der Waals surface area (Å²) >= 11 is 0. The summed E-state index contributed by atoms with van der Waals surface area (Å²) in [5, 5.41) is 19.7. The monoisotopic (exact) mass is 404 g/mol. The van der Waals surface area contributed by atoms with Gasteiger partial charge >= 0.3 is 5.97 Å². The molecule has 164 valence electrons. The van der Waals surface area contributed by atoms with E-state index in [-0.39, 0.29) is 41.1 Å². The predicted molar refractivity (Wildman–Crippen MR) is 112 cm³/mol. The van der Waals surface area contributed by atoms with Gasteiger partial charge in [0.15, 0.2) is 0 Å². The molecule has 0 spiro atoms. The summed E-state index contributed by atoms with van der Waals surface area (Å²) in [6.45, 7) is 9.06. The van der Waals surface area contributed by atoms with Crippen molar-refractivity contribution in [1.82, 2.24) is 0 Å². The highest BCUT2D eigenvalue weighted by Gasteiger charge is 2.65. The zero-order chi connectivity index (χ0) is 21.1. The van der Waals surface area contributed by atoms with Crippen molar-refractivity contribution < 1.29 is 19.8 Å². The van der Waals surface area contributed by atoms with Crippen LogP contribution in [0.5, 0.6) is 0 Å². The summed E-state index contributed by atoms with van der Waals surface area (Å²) < 4.78 is 0. The number of carboxylic acids is 1. The van der Waals surface area contributed by atoms with Crippen molar-refractivity contribution in [2.24, 2.45) is 52.3 Å². The number of fused-ring (bicyclic) bond motifs is 5. The van der Waals surface area contributed by atoms with Crippen LogP contribution in [-0.2, 0) is 9.59 Å². The van der Waals surface area contributed by atoms with E-state index in [2.05, 4.69) is 27.7 Å². The van der Waals surface area contributed by atoms with Gasteiger partial charge in [0.05, 0.1) is 6.10 Å². The van der Waals surface area contributed by atoms with Crippen LogP contribution in [-0.4, -0.2) is 28.1 Å². The molecule has 4 saturated carbocycles. The molecule has 0 heterocycles. The molecular weight excluding hydrogens is 364 g/mol. The lowest BCUT2D eigenvalue weighted by molar-refractivity contribution is -0.173. The number of rotatable bonds is 4. The third-order valence-electron chi connectivity index (χ3n) is 10.4. The first-order valence-electron chi connectivity index (χ1n) is 12.1. The van der Waals surface area contributed by atoms with Gasteiger partial charge in [0, 0.05) is 18.3 Å². The normalized spacial score (nSPS) is 50.4. The van der Waals surface area contributed by atoms with Crippen molar-refractivity contribution in [3.63, 3.8) is 0 Å². The number of Topliss-reactive ketones (excluding diaryl/α,β-unsaturated/α-hetero) is 1. The van der Waals surface area contributed by atoms with E-state index in [0.717, 1.165) is 51.4 Å². The van der Waals surface area contributed by atoms with Crippen LogP contribution in [0.4, 0.5) is 0 Å². The standard InChI is InChI=1S/C25H40O4/c1-5-16-20-13-15(26)8-10-25(20,4)19-9-11-24(3)17(14(2)12-21(27)28)6-7-18(24)22(19)23(16)29/h14-20,22,26H,5-13H2,1-4H3,(H,27,28)/t14-,15-,16-,17-,18?,19?,20+,22?,24-,25-/m1/s1. The van der Waals surface area contributed by atoms with Crippen molar-refractivity contribution in [1.29, 1.82) is 0 Å². The maximum Gasteiger partial charge on any atom is 0.303 e. The Kier molecular flexibility index (Phi) is 5.41. The van der Waals surface area contributed by atoms with Crippen LogP contribution >= 0.6 is 0 Å². The largest absolute Gasteiger partial charge is 0.481 e. The molecule has 4 heteroatoms. The number of hydrogen-bond acceptors (Lipinski definition) is 3. The Hall–Kier alpha value is -0.900. The number of aliphatic carboxylic acids is 1. The number of carbonyl (C=O) groups excluding carboxylic acids is 1. The van der Waals surface area contributed by atoms with E-state index >= 15 is 0 Å². The summed E-state index contributed by atoms with van der Waals surface area (Å²) in [5.74, 6) is 1.80. The molecule has 4 nitrogen and oxygen atoms in total. The Labute approximate surface area is 175 Å². The smallest absolute Gasteiger partial charge is 0.303 e. The van der Waals surface area contributed by atoms with Crippen molar-refractivity contribution in [3.8, 4) is 0 Å². The van der Waals surface area contributed by atoms with Crippen LogP contribution < -0.4 is 0 Å². The van der Waals surface area contributed by atoms with E-state index in [0.29, 0.717) is 29.5 Å². The minimum Gasteiger partial charge on any atom is -0.481 e. The SMILES string of the molecule is CC[C@H]1C(=O)C2C3CC[C@H]([C@H](C)CC(=O)O)[C@@]3(C)CCC2[C@@]2(C)CC[C@@H](O)C[C@@H]12. The molecule has 2 N–H and O–H groups in total. The quantitative estimate of drug-likeness (QED) is 0.696. The van der Waals surface area contributed by atoms with E-state index in [1.807, 2.05) is 0 Å². The Bertz CT molecular complexity index is 674. The van der Waals surface area contributed by atoms with Gasteiger partial charge in [-0.25, -0.2) is 0 Å². The fourth-order valence-corrected chi connectivity index (χ4v) is 9.03. The molecule has 0 aliphatic heterocycles. The van der Waals surface area contributed by atoms with E-state index < -0.39 is 5.97 Å². The predicted octanol–water partition coefficient (Wildman–Crippen LogP) is 4.93. The maximum absolute atomic E-state index is 13.9. The lowest BCUT2D eigenvalue weighted by Crippen LogP contribution is -2.60. The third kappa shape index (κ3) is 3.11. The van der Waals surface area contributed by atoms with Gasteiger partial charge in [-0.2, -0.15) is 0 Å². The number of aliphatic hydroxyl groups excluding tert-OH is 1. The first-order valence-corrected chi connectivity index (χ1v) is 12.1. The van der Waals surface area contributed by atoms with Crippen molar-refractivity contribution >= 4 is 11.8 Å². The summed E-state index contributed by atoms with van der Waals surface area (Å²) in [6.07, 6.45) is 7.98. The van der Waals surface area contributed by atoms with Crippen LogP contribution in [0.15, 0.2) is 0 Å². The van der Waals surface area contributed by atoms with Gasteiger partial charge in [-0.1, -0.05) is 27.7 Å². The van der Waals surface area contributed by atoms with E-state index in [1.165, 1.54) is 0 Å². The first-order chi connectivity index (χ1) is 13.6. The highest BCUT2D eigenvalue weighted by molar-refractivity contribution is 5.86. The minimum absolute atomic E-state index is 0.0917. The molecule has 4 fully saturated rings. The Balaban J connectivity index is 1.67. The topological polar surface area (TPSA) is 74.6 Å². The fourth-order valence-electron chi connectivity index (χ4n) is 9.03. The average Bonchev–Trinajstić information content (AvgIpc) is 3.00. The van der Waals surface area contributed by atoms with E-state index in [4.69, 9.17) is 0 Å². The highest BCUT2D eigenvalue weighted by atomic mass is 16.4. The van der Waals surface area contributed by atoms with Crippen LogP contribution in [0, 0.1) is 52.3 Å². The second-order valence-corrected chi connectivity index (χ2v) is 11.5. The zero-order valence-corrected chi connectivity index (χ0v) is 18.7. The molecule has 0 bridgehead atoms. The highest BCUT2D eigenvalue weighted by Crippen LogP contribution is 2.68. The zero-order valence-electron chi connectivity index (χ0n) is 18.7. The summed E-state index contributed by atoms with van der Waals surface area (Å²) in [6, 6.07) is 0. The molecule has 29 heavy (non-hydrogen) atoms. The molecule has 0 amide bonds. The van der Waals surface area contributed by atoms with Crippen LogP contribution in [0.25, 0.3) is 0 Å². The van der Waals surface area contributed by atoms with Crippen LogP contribution in [0.2, 0.25) is 0 Å². The van der Waals surface area contributed by atoms with Gasteiger partial charge in [-0.3, -0.25) is 9.59 Å². The van der Waals surface area contributed by atoms with E-state index in [9.17, 15) is 19.8 Å². The number of carboxylic acid groups (broad SMARTS) is 1. The molecular formula is C25H40O4. The van der Waals surface area contributed by atoms with Crippen molar-refractivity contribution in [3.05, 3.63) is 0 Å². The Morgan fingerprint density at radius 3 is 2.38 bits per heavy atom. The van der Waals surface area contributed by atoms with Crippen LogP contribution in [0.3, 0.4) is 0 Å². The number of carbonyl (C=O) groups is 2. The second-order valence-electron chi connectivity index (χ2n) is 11.5. The molecule has 0 saturated heterocycles. The fraction of sp³-hybridized carbons (Fsp3) is 0.920. The van der Waals surface area contributed by atoms with Crippen molar-refractivity contribution in [2.75, 3.05) is 0 Å². The van der Waals surface area contributed by atoms with Gasteiger partial charge in [-0.15, -0.1) is 0 Å². The van der Waals surface area contributed by atoms with Gasteiger partial charge in [0.1, 0.15) is 5.78 Å². The molecule has 4 aliphatic carbocycles. The molecule has 0 radical (unpaired) electrons. The van der Waals surface area contributed by atoms with Crippen LogP contribution in [0.1, 0.15) is 85.5 Å². The lowest BCUT2D eigenvalue weighted by atomic mass is 9.42. The minimum atomic E-state index is -0.700. The number of aliphatic hydroxyl groups is 1. The summed E-state index contributed by atoms with van der Waals surface area (Å²) in [4.78, 5) is 25.2. The molecule has 0 aromatic carbocycles. The maximum atomic E-state index is 13.9. The Morgan fingerprint density at radius 1 is 1.07 bits per heavy atom. The number of hydrogen-bond donors (Lipinski definition) is 2. The summed E-state index contributed by atoms with van der Waals surface area (Å²) in [7, 11) is 0. The van der Waals surface area contributed by atoms with Crippen molar-refractivity contribution in [2.45, 2.75) is 91.6 Å². The second kappa shape index (κ2) is 7.35. The molecule has 0 aromatic rings. The average molecular weight is 405 g/mol. The molecule has 0 aromatic heterocycles. The lowest BCUT2D eigenvalue weighted by Gasteiger charge is -2.62. The van der Waals surface area contributed by atoms with E-state index in [1.54, 1.807) is 0 Å². The van der Waals surface area contributed by atoms with Gasteiger partial charge in [0.2, 0.25) is 0 Å². The van der Waals surface area contributed by atoms with Gasteiger partial charge < -0.3 is 10.2 Å². The Morgan fingerprint density at radius 2 is 1.72 bits per heavy atom. The van der Waals surface area contributed by atoms with Gasteiger partial charge in [0.25, 0.3) is 0 Å². The molecule has 10 atom stereocenters.